The van der Waals surface area contributed by atoms with Crippen LogP contribution in [0.25, 0.3) is 0 Å². The zero-order chi connectivity index (χ0) is 12.0. The van der Waals surface area contributed by atoms with Crippen molar-refractivity contribution in [2.24, 2.45) is 0 Å². The van der Waals surface area contributed by atoms with E-state index in [0.29, 0.717) is 23.0 Å². The van der Waals surface area contributed by atoms with E-state index in [0.717, 1.165) is 13.4 Å². The van der Waals surface area contributed by atoms with Crippen LogP contribution < -0.4 is 9.47 Å². The first-order chi connectivity index (χ1) is 8.13. The number of rotatable bonds is 0. The molecule has 0 saturated heterocycles. The normalized spacial score (nSPS) is 12.2. The Kier molecular flexibility index (Phi) is 2.92. The lowest BCUT2D eigenvalue weighted by molar-refractivity contribution is 0.357. The van der Waals surface area contributed by atoms with Gasteiger partial charge in [-0.25, -0.2) is 0 Å². The summed E-state index contributed by atoms with van der Waals surface area (Å²) in [5.41, 5.74) is 0. The molecule has 0 fully saturated rings. The first kappa shape index (κ1) is 11.6. The molecule has 2 aromatic rings. The van der Waals surface area contributed by atoms with Crippen molar-refractivity contribution in [2.45, 2.75) is 0 Å². The number of benzene rings is 2. The van der Waals surface area contributed by atoms with Crippen molar-refractivity contribution in [1.82, 2.24) is 0 Å². The van der Waals surface area contributed by atoms with Gasteiger partial charge in [0.1, 0.15) is 0 Å². The Morgan fingerprint density at radius 1 is 0.706 bits per heavy atom. The number of ether oxygens (including phenoxy) is 2. The molecule has 1 heterocycles. The van der Waals surface area contributed by atoms with Crippen LogP contribution in [0.4, 0.5) is 0 Å². The van der Waals surface area contributed by atoms with Gasteiger partial charge in [0.15, 0.2) is 23.0 Å². The third-order valence-electron chi connectivity index (χ3n) is 2.31. The molecular formula is C12H5Br3O2. The Morgan fingerprint density at radius 3 is 2.29 bits per heavy atom. The molecule has 0 atom stereocenters. The minimum Gasteiger partial charge on any atom is -0.449 e. The van der Waals surface area contributed by atoms with Gasteiger partial charge in [-0.15, -0.1) is 0 Å². The second kappa shape index (κ2) is 4.30. The molecule has 0 N–H and O–H groups in total. The van der Waals surface area contributed by atoms with Gasteiger partial charge in [0.05, 0.1) is 4.47 Å². The zero-order valence-corrected chi connectivity index (χ0v) is 13.1. The minimum atomic E-state index is 0.692. The average molecular weight is 421 g/mol. The molecule has 0 saturated carbocycles. The minimum absolute atomic E-state index is 0.692. The molecule has 0 radical (unpaired) electrons. The van der Waals surface area contributed by atoms with Gasteiger partial charge in [-0.1, -0.05) is 31.9 Å². The largest absolute Gasteiger partial charge is 0.449 e. The van der Waals surface area contributed by atoms with Gasteiger partial charge in [-0.2, -0.15) is 0 Å². The van der Waals surface area contributed by atoms with Crippen LogP contribution in [0, 0.1) is 0 Å². The highest BCUT2D eigenvalue weighted by molar-refractivity contribution is 9.11. The molecule has 2 nitrogen and oxygen atoms in total. The van der Waals surface area contributed by atoms with Gasteiger partial charge >= 0.3 is 0 Å². The average Bonchev–Trinajstić information content (AvgIpc) is 2.26. The monoisotopic (exact) mass is 418 g/mol. The lowest BCUT2D eigenvalue weighted by Crippen LogP contribution is -1.99. The molecule has 0 aromatic heterocycles. The Bertz CT molecular complexity index is 611. The van der Waals surface area contributed by atoms with E-state index in [9.17, 15) is 0 Å². The number of halogens is 3. The highest BCUT2D eigenvalue weighted by Gasteiger charge is 2.21. The molecule has 0 aliphatic carbocycles. The van der Waals surface area contributed by atoms with Gasteiger partial charge in [0, 0.05) is 8.95 Å². The summed E-state index contributed by atoms with van der Waals surface area (Å²) >= 11 is 10.3. The molecule has 5 heteroatoms. The topological polar surface area (TPSA) is 18.5 Å². The summed E-state index contributed by atoms with van der Waals surface area (Å²) < 4.78 is 14.4. The van der Waals surface area contributed by atoms with Gasteiger partial charge in [0.25, 0.3) is 0 Å². The van der Waals surface area contributed by atoms with Crippen LogP contribution in [0.3, 0.4) is 0 Å². The SMILES string of the molecule is Brc1ccc2c(c1)Oc1cc(Br)cc(Br)c1O2. The van der Waals surface area contributed by atoms with Crippen molar-refractivity contribution in [3.05, 3.63) is 43.7 Å². The summed E-state index contributed by atoms with van der Waals surface area (Å²) in [5, 5.41) is 0. The number of hydrogen-bond acceptors (Lipinski definition) is 2. The predicted molar refractivity (Wildman–Crippen MR) is 76.1 cm³/mol. The van der Waals surface area contributed by atoms with Crippen LogP contribution in [0.5, 0.6) is 23.0 Å². The molecule has 86 valence electrons. The highest BCUT2D eigenvalue weighted by Crippen LogP contribution is 2.50. The molecule has 17 heavy (non-hydrogen) atoms. The maximum absolute atomic E-state index is 5.80. The fourth-order valence-corrected chi connectivity index (χ4v) is 3.19. The molecule has 0 amide bonds. The lowest BCUT2D eigenvalue weighted by Gasteiger charge is -2.21. The van der Waals surface area contributed by atoms with Crippen molar-refractivity contribution in [2.75, 3.05) is 0 Å². The molecule has 3 rings (SSSR count). The lowest BCUT2D eigenvalue weighted by atomic mass is 10.2. The fourth-order valence-electron chi connectivity index (χ4n) is 1.59. The van der Waals surface area contributed by atoms with Crippen molar-refractivity contribution in [3.63, 3.8) is 0 Å². The quantitative estimate of drug-likeness (QED) is 0.452. The Balaban J connectivity index is 2.14. The van der Waals surface area contributed by atoms with E-state index in [-0.39, 0.29) is 0 Å². The summed E-state index contributed by atoms with van der Waals surface area (Å²) in [4.78, 5) is 0. The summed E-state index contributed by atoms with van der Waals surface area (Å²) in [7, 11) is 0. The van der Waals surface area contributed by atoms with Crippen LogP contribution in [0.1, 0.15) is 0 Å². The third kappa shape index (κ3) is 2.11. The van der Waals surface area contributed by atoms with Crippen LogP contribution in [-0.4, -0.2) is 0 Å². The van der Waals surface area contributed by atoms with E-state index in [2.05, 4.69) is 47.8 Å². The predicted octanol–water partition coefficient (Wildman–Crippen LogP) is 5.87. The maximum atomic E-state index is 5.80. The van der Waals surface area contributed by atoms with E-state index < -0.39 is 0 Å². The summed E-state index contributed by atoms with van der Waals surface area (Å²) in [6.07, 6.45) is 0. The molecule has 1 aliphatic heterocycles. The maximum Gasteiger partial charge on any atom is 0.184 e. The smallest absolute Gasteiger partial charge is 0.184 e. The van der Waals surface area contributed by atoms with Crippen LogP contribution >= 0.6 is 47.8 Å². The van der Waals surface area contributed by atoms with Gasteiger partial charge < -0.3 is 9.47 Å². The Morgan fingerprint density at radius 2 is 1.47 bits per heavy atom. The van der Waals surface area contributed by atoms with Crippen LogP contribution in [0.2, 0.25) is 0 Å². The molecular weight excluding hydrogens is 416 g/mol. The molecule has 0 bridgehead atoms. The molecule has 0 spiro atoms. The van der Waals surface area contributed by atoms with Crippen LogP contribution in [-0.2, 0) is 0 Å². The second-order valence-electron chi connectivity index (χ2n) is 3.51. The molecule has 0 unspecified atom stereocenters. The van der Waals surface area contributed by atoms with E-state index >= 15 is 0 Å². The van der Waals surface area contributed by atoms with Gasteiger partial charge in [-0.3, -0.25) is 0 Å². The molecule has 2 aromatic carbocycles. The number of hydrogen-bond donors (Lipinski definition) is 0. The summed E-state index contributed by atoms with van der Waals surface area (Å²) in [6, 6.07) is 9.47. The molecule has 1 aliphatic rings. The first-order valence-corrected chi connectivity index (χ1v) is 7.16. The van der Waals surface area contributed by atoms with E-state index in [4.69, 9.17) is 9.47 Å². The standard InChI is InChI=1S/C12H5Br3O2/c13-6-1-2-9-10(4-6)16-11-5-7(14)3-8(15)12(11)17-9/h1-5H. The summed E-state index contributed by atoms with van der Waals surface area (Å²) in [5.74, 6) is 2.81. The van der Waals surface area contributed by atoms with Crippen molar-refractivity contribution in [3.8, 4) is 23.0 Å². The number of fused-ring (bicyclic) bond motifs is 2. The zero-order valence-electron chi connectivity index (χ0n) is 8.34. The van der Waals surface area contributed by atoms with E-state index in [1.54, 1.807) is 0 Å². The highest BCUT2D eigenvalue weighted by atomic mass is 79.9. The van der Waals surface area contributed by atoms with Gasteiger partial charge in [-0.05, 0) is 46.3 Å². The van der Waals surface area contributed by atoms with E-state index in [1.165, 1.54) is 0 Å². The Labute approximate surface area is 123 Å². The van der Waals surface area contributed by atoms with Gasteiger partial charge in [0.2, 0.25) is 0 Å². The van der Waals surface area contributed by atoms with Crippen molar-refractivity contribution in [1.29, 1.82) is 0 Å². The summed E-state index contributed by atoms with van der Waals surface area (Å²) in [6.45, 7) is 0. The Hall–Kier alpha value is -0.520. The van der Waals surface area contributed by atoms with Crippen molar-refractivity contribution >= 4 is 47.8 Å². The van der Waals surface area contributed by atoms with Crippen LogP contribution in [0.15, 0.2) is 43.7 Å². The third-order valence-corrected chi connectivity index (χ3v) is 3.85. The first-order valence-electron chi connectivity index (χ1n) is 4.78. The van der Waals surface area contributed by atoms with Crippen molar-refractivity contribution < 1.29 is 9.47 Å². The fraction of sp³-hybridized carbons (Fsp3) is 0. The van der Waals surface area contributed by atoms with E-state index in [1.807, 2.05) is 30.3 Å². The second-order valence-corrected chi connectivity index (χ2v) is 6.20.